The summed E-state index contributed by atoms with van der Waals surface area (Å²) in [5.74, 6) is 0.998. The molecule has 156 valence electrons. The van der Waals surface area contributed by atoms with E-state index < -0.39 is 0 Å². The zero-order valence-corrected chi connectivity index (χ0v) is 17.5. The highest BCUT2D eigenvalue weighted by Gasteiger charge is 2.25. The van der Waals surface area contributed by atoms with Crippen LogP contribution < -0.4 is 5.73 Å². The number of rotatable bonds is 8. The highest BCUT2D eigenvalue weighted by molar-refractivity contribution is 6.15. The monoisotopic (exact) mass is 404 g/mol. The molecule has 2 N–H and O–H groups in total. The summed E-state index contributed by atoms with van der Waals surface area (Å²) >= 11 is 0. The molecule has 1 aromatic heterocycles. The Kier molecular flexibility index (Phi) is 7.43. The summed E-state index contributed by atoms with van der Waals surface area (Å²) in [5.41, 5.74) is 9.31. The van der Waals surface area contributed by atoms with E-state index in [1.54, 1.807) is 13.3 Å². The number of aliphatic imine (C=N–C) groups is 1. The van der Waals surface area contributed by atoms with Crippen LogP contribution in [-0.2, 0) is 4.74 Å². The predicted molar refractivity (Wildman–Crippen MR) is 123 cm³/mol. The lowest BCUT2D eigenvalue weighted by Crippen LogP contribution is -2.21. The van der Waals surface area contributed by atoms with E-state index in [9.17, 15) is 0 Å². The van der Waals surface area contributed by atoms with Crippen LogP contribution in [-0.4, -0.2) is 40.4 Å². The summed E-state index contributed by atoms with van der Waals surface area (Å²) in [6, 6.07) is 0.000342. The van der Waals surface area contributed by atoms with Gasteiger partial charge in [-0.05, 0) is 32.3 Å². The van der Waals surface area contributed by atoms with Crippen LogP contribution in [0.5, 0.6) is 0 Å². The first kappa shape index (κ1) is 21.4. The molecule has 2 unspecified atom stereocenters. The SMILES string of the molecule is C=CC/C=C\C=C/CCC1=NN=C(c2nc(C3C=CC(OC)=NC3C)cnc2N)C1. The first-order valence-electron chi connectivity index (χ1n) is 10.1. The number of nitrogens with two attached hydrogens (primary N) is 1. The third kappa shape index (κ3) is 5.37. The fraction of sp³-hybridized carbons (Fsp3) is 0.348. The van der Waals surface area contributed by atoms with Gasteiger partial charge in [0, 0.05) is 18.1 Å². The molecule has 0 aliphatic carbocycles. The van der Waals surface area contributed by atoms with Crippen LogP contribution in [0.2, 0.25) is 0 Å². The zero-order chi connectivity index (χ0) is 21.3. The number of methoxy groups -OCH3 is 1. The number of hydrogen-bond acceptors (Lipinski definition) is 7. The largest absolute Gasteiger partial charge is 0.481 e. The van der Waals surface area contributed by atoms with Crippen molar-refractivity contribution in [3.05, 3.63) is 66.7 Å². The quantitative estimate of drug-likeness (QED) is 0.519. The van der Waals surface area contributed by atoms with E-state index in [1.165, 1.54) is 0 Å². The topological polar surface area (TPSA) is 98.1 Å². The van der Waals surface area contributed by atoms with Gasteiger partial charge in [-0.3, -0.25) is 0 Å². The second-order valence-corrected chi connectivity index (χ2v) is 7.13. The van der Waals surface area contributed by atoms with Crippen molar-refractivity contribution in [1.82, 2.24) is 9.97 Å². The molecular formula is C23H28N6O. The lowest BCUT2D eigenvalue weighted by molar-refractivity contribution is 0.397. The molecule has 0 saturated carbocycles. The molecule has 3 rings (SSSR count). The Bertz CT molecular complexity index is 954. The first-order valence-corrected chi connectivity index (χ1v) is 10.1. The molecule has 2 aliphatic heterocycles. The van der Waals surface area contributed by atoms with E-state index in [-0.39, 0.29) is 12.0 Å². The Morgan fingerprint density at radius 2 is 2.10 bits per heavy atom. The van der Waals surface area contributed by atoms with Crippen molar-refractivity contribution in [3.63, 3.8) is 0 Å². The molecule has 2 aliphatic rings. The number of nitrogen functional groups attached to an aromatic ring is 1. The van der Waals surface area contributed by atoms with Crippen LogP contribution in [0.1, 0.15) is 49.9 Å². The second-order valence-electron chi connectivity index (χ2n) is 7.13. The summed E-state index contributed by atoms with van der Waals surface area (Å²) in [6.07, 6.45) is 19.0. The number of hydrogen-bond donors (Lipinski definition) is 1. The fourth-order valence-electron chi connectivity index (χ4n) is 3.26. The van der Waals surface area contributed by atoms with Gasteiger partial charge in [0.05, 0.1) is 30.8 Å². The maximum absolute atomic E-state index is 6.11. The fourth-order valence-corrected chi connectivity index (χ4v) is 3.26. The van der Waals surface area contributed by atoms with E-state index in [2.05, 4.69) is 38.9 Å². The van der Waals surface area contributed by atoms with Crippen LogP contribution >= 0.6 is 0 Å². The van der Waals surface area contributed by atoms with Crippen molar-refractivity contribution in [2.24, 2.45) is 15.2 Å². The van der Waals surface area contributed by atoms with Crippen LogP contribution in [0.25, 0.3) is 0 Å². The standard InChI is InChI=1S/C23H28N6O/c1-4-5-6-7-8-9-10-11-17-14-19(29-28-17)22-23(24)25-15-20(27-22)18-12-13-21(30-3)26-16(18)2/h4,6-9,12-13,15-16,18H,1,5,10-11,14H2,2-3H3,(H2,24,25)/b7-6-,9-8-. The second kappa shape index (κ2) is 10.4. The van der Waals surface area contributed by atoms with Crippen LogP contribution in [0.4, 0.5) is 5.82 Å². The average molecular weight is 405 g/mol. The molecule has 7 heteroatoms. The number of ether oxygens (including phenoxy) is 1. The predicted octanol–water partition coefficient (Wildman–Crippen LogP) is 4.16. The van der Waals surface area contributed by atoms with Crippen molar-refractivity contribution in [2.45, 2.75) is 44.6 Å². The van der Waals surface area contributed by atoms with Gasteiger partial charge in [-0.15, -0.1) is 6.58 Å². The minimum absolute atomic E-state index is 0.000342. The van der Waals surface area contributed by atoms with Crippen LogP contribution in [0.3, 0.4) is 0 Å². The van der Waals surface area contributed by atoms with E-state index in [0.29, 0.717) is 23.8 Å². The number of dihydropyridines is 1. The van der Waals surface area contributed by atoms with Gasteiger partial charge < -0.3 is 10.5 Å². The Morgan fingerprint density at radius 1 is 1.27 bits per heavy atom. The maximum Gasteiger partial charge on any atom is 0.208 e. The maximum atomic E-state index is 6.11. The van der Waals surface area contributed by atoms with Crippen molar-refractivity contribution in [1.29, 1.82) is 0 Å². The number of anilines is 1. The van der Waals surface area contributed by atoms with E-state index in [0.717, 1.165) is 36.4 Å². The van der Waals surface area contributed by atoms with Gasteiger partial charge in [-0.1, -0.05) is 36.5 Å². The molecule has 30 heavy (non-hydrogen) atoms. The van der Waals surface area contributed by atoms with Crippen LogP contribution in [0.15, 0.2) is 70.5 Å². The normalized spacial score (nSPS) is 21.1. The minimum Gasteiger partial charge on any atom is -0.481 e. The molecule has 0 aromatic carbocycles. The van der Waals surface area contributed by atoms with Gasteiger partial charge in [0.2, 0.25) is 5.90 Å². The van der Waals surface area contributed by atoms with Gasteiger partial charge in [0.25, 0.3) is 0 Å². The third-order valence-electron chi connectivity index (χ3n) is 4.91. The third-order valence-corrected chi connectivity index (χ3v) is 4.91. The van der Waals surface area contributed by atoms with Gasteiger partial charge in [-0.2, -0.15) is 10.2 Å². The number of nitrogens with zero attached hydrogens (tertiary/aromatic N) is 5. The van der Waals surface area contributed by atoms with E-state index in [1.807, 2.05) is 37.3 Å². The molecule has 3 heterocycles. The Hall–Kier alpha value is -3.35. The molecule has 0 amide bonds. The smallest absolute Gasteiger partial charge is 0.208 e. The summed E-state index contributed by atoms with van der Waals surface area (Å²) in [5, 5.41) is 8.65. The molecule has 1 aromatic rings. The lowest BCUT2D eigenvalue weighted by atomic mass is 9.95. The van der Waals surface area contributed by atoms with Crippen LogP contribution in [0, 0.1) is 0 Å². The first-order chi connectivity index (χ1) is 14.6. The zero-order valence-electron chi connectivity index (χ0n) is 17.5. The van der Waals surface area contributed by atoms with E-state index >= 15 is 0 Å². The molecule has 0 radical (unpaired) electrons. The lowest BCUT2D eigenvalue weighted by Gasteiger charge is -2.21. The van der Waals surface area contributed by atoms with Gasteiger partial charge in [0.15, 0.2) is 5.82 Å². The average Bonchev–Trinajstić information content (AvgIpc) is 3.22. The molecule has 0 bridgehead atoms. The molecule has 0 spiro atoms. The summed E-state index contributed by atoms with van der Waals surface area (Å²) in [4.78, 5) is 13.6. The van der Waals surface area contributed by atoms with Crippen molar-refractivity contribution < 1.29 is 4.74 Å². The molecular weight excluding hydrogens is 376 g/mol. The van der Waals surface area contributed by atoms with Gasteiger partial charge >= 0.3 is 0 Å². The van der Waals surface area contributed by atoms with Crippen molar-refractivity contribution >= 4 is 23.1 Å². The highest BCUT2D eigenvalue weighted by atomic mass is 16.5. The molecule has 0 saturated heterocycles. The Balaban J connectivity index is 1.61. The van der Waals surface area contributed by atoms with Crippen molar-refractivity contribution in [2.75, 3.05) is 12.8 Å². The van der Waals surface area contributed by atoms with Crippen molar-refractivity contribution in [3.8, 4) is 0 Å². The minimum atomic E-state index is 0.000342. The Labute approximate surface area is 177 Å². The van der Waals surface area contributed by atoms with E-state index in [4.69, 9.17) is 15.5 Å². The Morgan fingerprint density at radius 3 is 2.87 bits per heavy atom. The summed E-state index contributed by atoms with van der Waals surface area (Å²) in [6.45, 7) is 5.72. The summed E-state index contributed by atoms with van der Waals surface area (Å²) in [7, 11) is 1.61. The van der Waals surface area contributed by atoms with Gasteiger partial charge in [0.1, 0.15) is 5.69 Å². The number of aromatic nitrogens is 2. The number of allylic oxidation sites excluding steroid dienone is 5. The van der Waals surface area contributed by atoms with Gasteiger partial charge in [-0.25, -0.2) is 15.0 Å². The highest BCUT2D eigenvalue weighted by Crippen LogP contribution is 2.27. The molecule has 7 nitrogen and oxygen atoms in total. The molecule has 0 fully saturated rings. The summed E-state index contributed by atoms with van der Waals surface area (Å²) < 4.78 is 5.21. The molecule has 2 atom stereocenters.